The van der Waals surface area contributed by atoms with Gasteiger partial charge in [-0.25, -0.2) is 9.59 Å². The number of ether oxygens (including phenoxy) is 2. The molecule has 150 valence electrons. The van der Waals surface area contributed by atoms with Gasteiger partial charge in [-0.3, -0.25) is 10.1 Å². The molecule has 1 unspecified atom stereocenters. The van der Waals surface area contributed by atoms with Crippen LogP contribution in [0.25, 0.3) is 0 Å². The van der Waals surface area contributed by atoms with Crippen molar-refractivity contribution >= 4 is 18.0 Å². The van der Waals surface area contributed by atoms with E-state index in [9.17, 15) is 19.5 Å². The standard InChI is InChI=1S/C20H19N3O6/c21-12-14-6-8-16(9-7-14)28-11-10-22-18(24)17(19(25)26)23-20(27)29-13-15-4-2-1-3-5-15/h1-9,17H,10-11,13H2,(H,22,24)(H,23,27)(H,25,26). The van der Waals surface area contributed by atoms with Crippen LogP contribution in [0.1, 0.15) is 11.1 Å². The van der Waals surface area contributed by atoms with Crippen molar-refractivity contribution in [3.8, 4) is 11.8 Å². The molecule has 0 saturated carbocycles. The minimum absolute atomic E-state index is 0.0172. The molecule has 0 aliphatic rings. The summed E-state index contributed by atoms with van der Waals surface area (Å²) in [5.74, 6) is -1.93. The number of carbonyl (C=O) groups is 3. The summed E-state index contributed by atoms with van der Waals surface area (Å²) in [6.45, 7) is 0.0326. The second-order valence-corrected chi connectivity index (χ2v) is 5.75. The highest BCUT2D eigenvalue weighted by atomic mass is 16.5. The van der Waals surface area contributed by atoms with Crippen LogP contribution in [0.15, 0.2) is 54.6 Å². The maximum absolute atomic E-state index is 12.0. The van der Waals surface area contributed by atoms with Crippen LogP contribution in [-0.2, 0) is 20.9 Å². The number of hydrogen-bond acceptors (Lipinski definition) is 6. The van der Waals surface area contributed by atoms with Crippen LogP contribution in [0.2, 0.25) is 0 Å². The summed E-state index contributed by atoms with van der Waals surface area (Å²) >= 11 is 0. The second kappa shape index (κ2) is 10.9. The molecule has 0 radical (unpaired) electrons. The third-order valence-corrected chi connectivity index (χ3v) is 3.64. The van der Waals surface area contributed by atoms with Crippen molar-refractivity contribution in [1.82, 2.24) is 10.6 Å². The molecule has 0 heterocycles. The third kappa shape index (κ3) is 7.22. The fraction of sp³-hybridized carbons (Fsp3) is 0.200. The number of rotatable bonds is 9. The minimum Gasteiger partial charge on any atom is -0.492 e. The lowest BCUT2D eigenvalue weighted by atomic mass is 10.2. The summed E-state index contributed by atoms with van der Waals surface area (Å²) in [5.41, 5.74) is 1.21. The quantitative estimate of drug-likeness (QED) is 0.430. The number of carbonyl (C=O) groups excluding carboxylic acids is 2. The summed E-state index contributed by atoms with van der Waals surface area (Å²) in [5, 5.41) is 22.3. The first-order valence-corrected chi connectivity index (χ1v) is 8.60. The predicted molar refractivity (Wildman–Crippen MR) is 101 cm³/mol. The van der Waals surface area contributed by atoms with Gasteiger partial charge in [0.2, 0.25) is 6.04 Å². The highest BCUT2D eigenvalue weighted by Crippen LogP contribution is 2.11. The van der Waals surface area contributed by atoms with E-state index in [1.54, 1.807) is 54.6 Å². The number of carboxylic acids is 1. The van der Waals surface area contributed by atoms with Crippen molar-refractivity contribution in [2.45, 2.75) is 12.6 Å². The molecule has 0 aromatic heterocycles. The number of hydrogen-bond donors (Lipinski definition) is 3. The topological polar surface area (TPSA) is 138 Å². The molecule has 9 nitrogen and oxygen atoms in total. The molecule has 0 bridgehead atoms. The van der Waals surface area contributed by atoms with Gasteiger partial charge in [-0.2, -0.15) is 5.26 Å². The van der Waals surface area contributed by atoms with E-state index in [-0.39, 0.29) is 19.8 Å². The first kappa shape index (κ1) is 21.2. The smallest absolute Gasteiger partial charge is 0.408 e. The normalized spacial score (nSPS) is 10.9. The maximum Gasteiger partial charge on any atom is 0.408 e. The van der Waals surface area contributed by atoms with Crippen molar-refractivity contribution in [2.75, 3.05) is 13.2 Å². The molecule has 9 heteroatoms. The first-order valence-electron chi connectivity index (χ1n) is 8.60. The van der Waals surface area contributed by atoms with Crippen molar-refractivity contribution < 1.29 is 29.0 Å². The van der Waals surface area contributed by atoms with E-state index >= 15 is 0 Å². The summed E-state index contributed by atoms with van der Waals surface area (Å²) in [6.07, 6.45) is -1.02. The number of alkyl carbamates (subject to hydrolysis) is 1. The summed E-state index contributed by atoms with van der Waals surface area (Å²) in [6, 6.07) is 15.4. The first-order chi connectivity index (χ1) is 14.0. The Morgan fingerprint density at radius 3 is 2.38 bits per heavy atom. The van der Waals surface area contributed by atoms with Crippen molar-refractivity contribution in [2.24, 2.45) is 0 Å². The monoisotopic (exact) mass is 397 g/mol. The lowest BCUT2D eigenvalue weighted by molar-refractivity contribution is -0.143. The van der Waals surface area contributed by atoms with Gasteiger partial charge < -0.3 is 19.9 Å². The zero-order valence-electron chi connectivity index (χ0n) is 15.3. The van der Waals surface area contributed by atoms with Gasteiger partial charge in [0.1, 0.15) is 19.0 Å². The Bertz CT molecular complexity index is 877. The summed E-state index contributed by atoms with van der Waals surface area (Å²) in [7, 11) is 0. The number of amides is 2. The maximum atomic E-state index is 12.0. The predicted octanol–water partition coefficient (Wildman–Crippen LogP) is 1.43. The van der Waals surface area contributed by atoms with Crippen molar-refractivity contribution in [3.63, 3.8) is 0 Å². The van der Waals surface area contributed by atoms with Crippen LogP contribution in [0, 0.1) is 11.3 Å². The van der Waals surface area contributed by atoms with Crippen LogP contribution < -0.4 is 15.4 Å². The van der Waals surface area contributed by atoms with Gasteiger partial charge >= 0.3 is 12.1 Å². The number of aliphatic carboxylic acids is 1. The largest absolute Gasteiger partial charge is 0.492 e. The Morgan fingerprint density at radius 2 is 1.76 bits per heavy atom. The Kier molecular flexibility index (Phi) is 8.01. The van der Waals surface area contributed by atoms with Gasteiger partial charge in [0.25, 0.3) is 5.91 Å². The second-order valence-electron chi connectivity index (χ2n) is 5.75. The highest BCUT2D eigenvalue weighted by Gasteiger charge is 2.28. The molecule has 2 aromatic rings. The number of benzene rings is 2. The molecule has 0 fully saturated rings. The van der Waals surface area contributed by atoms with Crippen LogP contribution in [-0.4, -0.2) is 42.3 Å². The van der Waals surface area contributed by atoms with E-state index in [1.807, 2.05) is 11.4 Å². The highest BCUT2D eigenvalue weighted by molar-refractivity contribution is 6.03. The zero-order chi connectivity index (χ0) is 21.1. The Balaban J connectivity index is 1.75. The molecule has 29 heavy (non-hydrogen) atoms. The van der Waals surface area contributed by atoms with Gasteiger partial charge in [-0.15, -0.1) is 0 Å². The molecule has 0 saturated heterocycles. The van der Waals surface area contributed by atoms with Gasteiger partial charge in [0.05, 0.1) is 18.2 Å². The Labute approximate surface area is 166 Å². The van der Waals surface area contributed by atoms with Gasteiger partial charge in [-0.05, 0) is 29.8 Å². The summed E-state index contributed by atoms with van der Waals surface area (Å²) in [4.78, 5) is 35.1. The Hall–Kier alpha value is -4.06. The zero-order valence-corrected chi connectivity index (χ0v) is 15.3. The van der Waals surface area contributed by atoms with Gasteiger partial charge in [-0.1, -0.05) is 30.3 Å². The molecule has 2 amide bonds. The van der Waals surface area contributed by atoms with E-state index in [4.69, 9.17) is 14.7 Å². The lowest BCUT2D eigenvalue weighted by Gasteiger charge is -2.15. The molecule has 0 aliphatic heterocycles. The molecule has 1 atom stereocenters. The Morgan fingerprint density at radius 1 is 1.07 bits per heavy atom. The third-order valence-electron chi connectivity index (χ3n) is 3.64. The molecule has 0 aliphatic carbocycles. The minimum atomic E-state index is -1.80. The number of carboxylic acid groups (broad SMARTS) is 1. The van der Waals surface area contributed by atoms with Crippen molar-refractivity contribution in [3.05, 3.63) is 65.7 Å². The molecule has 2 aromatic carbocycles. The van der Waals surface area contributed by atoms with Crippen molar-refractivity contribution in [1.29, 1.82) is 5.26 Å². The summed E-state index contributed by atoms with van der Waals surface area (Å²) < 4.78 is 10.3. The van der Waals surface area contributed by atoms with Crippen LogP contribution >= 0.6 is 0 Å². The van der Waals surface area contributed by atoms with E-state index in [0.29, 0.717) is 11.3 Å². The lowest BCUT2D eigenvalue weighted by Crippen LogP contribution is -2.52. The van der Waals surface area contributed by atoms with Crippen LogP contribution in [0.4, 0.5) is 4.79 Å². The number of nitrogens with zero attached hydrogens (tertiary/aromatic N) is 1. The fourth-order valence-corrected chi connectivity index (χ4v) is 2.19. The molecule has 0 spiro atoms. The number of nitrogens with one attached hydrogen (secondary N) is 2. The molecule has 3 N–H and O–H groups in total. The van der Waals surface area contributed by atoms with Gasteiger partial charge in [0, 0.05) is 0 Å². The average molecular weight is 397 g/mol. The fourth-order valence-electron chi connectivity index (χ4n) is 2.19. The van der Waals surface area contributed by atoms with E-state index < -0.39 is 24.0 Å². The van der Waals surface area contributed by atoms with E-state index in [1.165, 1.54) is 0 Å². The molecular formula is C20H19N3O6. The molecule has 2 rings (SSSR count). The van der Waals surface area contributed by atoms with Gasteiger partial charge in [0.15, 0.2) is 0 Å². The van der Waals surface area contributed by atoms with Crippen LogP contribution in [0.3, 0.4) is 0 Å². The van der Waals surface area contributed by atoms with E-state index in [2.05, 4.69) is 5.32 Å². The SMILES string of the molecule is N#Cc1ccc(OCCNC(=O)C(NC(=O)OCc2ccccc2)C(=O)O)cc1. The molecular weight excluding hydrogens is 378 g/mol. The van der Waals surface area contributed by atoms with E-state index in [0.717, 1.165) is 5.56 Å². The van der Waals surface area contributed by atoms with Crippen LogP contribution in [0.5, 0.6) is 5.75 Å². The average Bonchev–Trinajstić information content (AvgIpc) is 2.74. The number of nitriles is 1.